The van der Waals surface area contributed by atoms with Crippen LogP contribution in [0.4, 0.5) is 26.3 Å². The summed E-state index contributed by atoms with van der Waals surface area (Å²) in [4.78, 5) is 0. The van der Waals surface area contributed by atoms with E-state index in [9.17, 15) is 26.3 Å². The van der Waals surface area contributed by atoms with Crippen molar-refractivity contribution in [1.29, 1.82) is 0 Å². The molecule has 0 unspecified atom stereocenters. The van der Waals surface area contributed by atoms with Crippen molar-refractivity contribution in [3.8, 4) is 11.5 Å². The van der Waals surface area contributed by atoms with Crippen molar-refractivity contribution in [3.05, 3.63) is 57.6 Å². The fourth-order valence-corrected chi connectivity index (χ4v) is 1.58. The van der Waals surface area contributed by atoms with Crippen LogP contribution < -0.4 is 4.74 Å². The van der Waals surface area contributed by atoms with E-state index in [4.69, 9.17) is 0 Å². The predicted molar refractivity (Wildman–Crippen MR) is 60.4 cm³/mol. The second-order valence-corrected chi connectivity index (χ2v) is 4.43. The van der Waals surface area contributed by atoms with Crippen molar-refractivity contribution >= 4 is 15.9 Å². The number of benzene rings is 2. The van der Waals surface area contributed by atoms with E-state index in [-0.39, 0.29) is 4.47 Å². The van der Waals surface area contributed by atoms with Gasteiger partial charge in [-0.1, -0.05) is 0 Å². The van der Waals surface area contributed by atoms with Gasteiger partial charge < -0.3 is 4.74 Å². The van der Waals surface area contributed by atoms with Crippen LogP contribution in [0.5, 0.6) is 11.5 Å². The molecule has 20 heavy (non-hydrogen) atoms. The monoisotopic (exact) mass is 356 g/mol. The summed E-state index contributed by atoms with van der Waals surface area (Å²) in [7, 11) is 0. The first-order valence-corrected chi connectivity index (χ1v) is 5.76. The molecule has 0 atom stereocenters. The molecule has 2 aromatic rings. The molecule has 0 bridgehead atoms. The van der Waals surface area contributed by atoms with Crippen molar-refractivity contribution in [2.45, 2.75) is 0 Å². The molecular formula is C12H3BrF6O. The van der Waals surface area contributed by atoms with Crippen LogP contribution in [0.15, 0.2) is 22.7 Å². The second kappa shape index (κ2) is 5.35. The summed E-state index contributed by atoms with van der Waals surface area (Å²) >= 11 is 2.83. The van der Waals surface area contributed by atoms with Gasteiger partial charge in [0.15, 0.2) is 0 Å². The average molecular weight is 357 g/mol. The first kappa shape index (κ1) is 14.7. The third-order valence-electron chi connectivity index (χ3n) is 2.28. The van der Waals surface area contributed by atoms with Gasteiger partial charge in [0.2, 0.25) is 34.8 Å². The topological polar surface area (TPSA) is 9.23 Å². The van der Waals surface area contributed by atoms with Gasteiger partial charge in [-0.25, -0.2) is 17.6 Å². The number of ether oxygens (including phenoxy) is 1. The number of halogens is 7. The van der Waals surface area contributed by atoms with E-state index in [1.807, 2.05) is 0 Å². The molecule has 1 nitrogen and oxygen atoms in total. The molecule has 0 fully saturated rings. The van der Waals surface area contributed by atoms with E-state index in [2.05, 4.69) is 20.7 Å². The van der Waals surface area contributed by atoms with Crippen LogP contribution >= 0.6 is 15.9 Å². The number of hydrogen-bond acceptors (Lipinski definition) is 1. The minimum atomic E-state index is -2.30. The second-order valence-electron chi connectivity index (χ2n) is 3.58. The molecule has 2 aromatic carbocycles. The summed E-state index contributed by atoms with van der Waals surface area (Å²) in [5.74, 6) is -13.6. The lowest BCUT2D eigenvalue weighted by atomic mass is 10.2. The molecule has 0 saturated heterocycles. The van der Waals surface area contributed by atoms with E-state index in [1.165, 1.54) is 0 Å². The lowest BCUT2D eigenvalue weighted by molar-refractivity contribution is 0.331. The Hall–Kier alpha value is -1.70. The summed E-state index contributed by atoms with van der Waals surface area (Å²) in [5.41, 5.74) is 0. The fourth-order valence-electron chi connectivity index (χ4n) is 1.33. The standard InChI is InChI=1S/C12H3BrF6O/c13-5-2-1-4(3-6(5)14)20-12-10(18)8(16)7(15)9(17)11(12)19/h1-3H. The van der Waals surface area contributed by atoms with Gasteiger partial charge in [0, 0.05) is 6.07 Å². The molecule has 0 aromatic heterocycles. The Bertz CT molecular complexity index is 659. The van der Waals surface area contributed by atoms with E-state index in [0.29, 0.717) is 0 Å². The molecule has 8 heteroatoms. The maximum atomic E-state index is 13.3. The van der Waals surface area contributed by atoms with Gasteiger partial charge in [-0.15, -0.1) is 0 Å². The molecule has 0 radical (unpaired) electrons. The zero-order valence-corrected chi connectivity index (χ0v) is 10.9. The summed E-state index contributed by atoms with van der Waals surface area (Å²) < 4.78 is 83.1. The van der Waals surface area contributed by atoms with Gasteiger partial charge in [0.1, 0.15) is 11.6 Å². The Kier molecular flexibility index (Phi) is 3.94. The molecule has 0 saturated carbocycles. The zero-order chi connectivity index (χ0) is 15.0. The maximum Gasteiger partial charge on any atom is 0.207 e. The summed E-state index contributed by atoms with van der Waals surface area (Å²) in [6.45, 7) is 0. The summed E-state index contributed by atoms with van der Waals surface area (Å²) in [6.07, 6.45) is 0. The number of rotatable bonds is 2. The van der Waals surface area contributed by atoms with Gasteiger partial charge in [0.25, 0.3) is 0 Å². The predicted octanol–water partition coefficient (Wildman–Crippen LogP) is 5.08. The van der Waals surface area contributed by atoms with Gasteiger partial charge in [0.05, 0.1) is 4.47 Å². The fraction of sp³-hybridized carbons (Fsp3) is 0. The Morgan fingerprint density at radius 2 is 1.25 bits per heavy atom. The van der Waals surface area contributed by atoms with E-state index >= 15 is 0 Å². The molecule has 0 spiro atoms. The van der Waals surface area contributed by atoms with Crippen molar-refractivity contribution in [3.63, 3.8) is 0 Å². The molecule has 0 aliphatic heterocycles. The molecular weight excluding hydrogens is 354 g/mol. The highest BCUT2D eigenvalue weighted by Crippen LogP contribution is 2.33. The van der Waals surface area contributed by atoms with Crippen LogP contribution in [-0.2, 0) is 0 Å². The van der Waals surface area contributed by atoms with Crippen molar-refractivity contribution in [2.24, 2.45) is 0 Å². The van der Waals surface area contributed by atoms with Gasteiger partial charge in [-0.05, 0) is 28.1 Å². The molecule has 2 rings (SSSR count). The minimum Gasteiger partial charge on any atom is -0.451 e. The van der Waals surface area contributed by atoms with Crippen molar-refractivity contribution < 1.29 is 31.1 Å². The first-order valence-electron chi connectivity index (χ1n) is 4.97. The first-order chi connectivity index (χ1) is 9.32. The van der Waals surface area contributed by atoms with Gasteiger partial charge >= 0.3 is 0 Å². The Morgan fingerprint density at radius 1 is 0.750 bits per heavy atom. The molecule has 0 aliphatic rings. The van der Waals surface area contributed by atoms with Crippen molar-refractivity contribution in [1.82, 2.24) is 0 Å². The van der Waals surface area contributed by atoms with E-state index in [1.54, 1.807) is 0 Å². The van der Waals surface area contributed by atoms with Crippen LogP contribution in [0.25, 0.3) is 0 Å². The molecule has 0 heterocycles. The van der Waals surface area contributed by atoms with Gasteiger partial charge in [-0.3, -0.25) is 0 Å². The zero-order valence-electron chi connectivity index (χ0n) is 9.29. The Labute approximate surface area is 116 Å². The van der Waals surface area contributed by atoms with E-state index < -0.39 is 46.4 Å². The lowest BCUT2D eigenvalue weighted by Crippen LogP contribution is -2.04. The smallest absolute Gasteiger partial charge is 0.207 e. The summed E-state index contributed by atoms with van der Waals surface area (Å²) in [5, 5.41) is 0. The third kappa shape index (κ3) is 2.47. The SMILES string of the molecule is Fc1cc(Oc2c(F)c(F)c(F)c(F)c2F)ccc1Br. The van der Waals surface area contributed by atoms with Crippen LogP contribution in [0.3, 0.4) is 0 Å². The van der Waals surface area contributed by atoms with Crippen LogP contribution in [0, 0.1) is 34.9 Å². The van der Waals surface area contributed by atoms with Crippen LogP contribution in [0.2, 0.25) is 0 Å². The number of hydrogen-bond donors (Lipinski definition) is 0. The maximum absolute atomic E-state index is 13.3. The summed E-state index contributed by atoms with van der Waals surface area (Å²) in [6, 6.07) is 2.96. The van der Waals surface area contributed by atoms with Crippen molar-refractivity contribution in [2.75, 3.05) is 0 Å². The van der Waals surface area contributed by atoms with Crippen LogP contribution in [0.1, 0.15) is 0 Å². The third-order valence-corrected chi connectivity index (χ3v) is 2.92. The minimum absolute atomic E-state index is 0.0438. The van der Waals surface area contributed by atoms with Crippen LogP contribution in [-0.4, -0.2) is 0 Å². The molecule has 0 aliphatic carbocycles. The highest BCUT2D eigenvalue weighted by molar-refractivity contribution is 9.10. The average Bonchev–Trinajstić information content (AvgIpc) is 2.43. The quantitative estimate of drug-likeness (QED) is 0.414. The Morgan fingerprint density at radius 3 is 1.75 bits per heavy atom. The highest BCUT2D eigenvalue weighted by Gasteiger charge is 2.27. The lowest BCUT2D eigenvalue weighted by Gasteiger charge is -2.10. The molecule has 0 N–H and O–H groups in total. The highest BCUT2D eigenvalue weighted by atomic mass is 79.9. The molecule has 0 amide bonds. The van der Waals surface area contributed by atoms with E-state index in [0.717, 1.165) is 18.2 Å². The molecule has 106 valence electrons. The Balaban J connectivity index is 2.51. The normalized spacial score (nSPS) is 10.8. The largest absolute Gasteiger partial charge is 0.451 e. The van der Waals surface area contributed by atoms with Gasteiger partial charge in [-0.2, -0.15) is 8.78 Å².